The van der Waals surface area contributed by atoms with Gasteiger partial charge in [-0.1, -0.05) is 33.1 Å². The van der Waals surface area contributed by atoms with E-state index in [0.717, 1.165) is 0 Å². The molecule has 0 fully saturated rings. The van der Waals surface area contributed by atoms with Crippen molar-refractivity contribution in [3.63, 3.8) is 0 Å². The Balaban J connectivity index is 2.35. The van der Waals surface area contributed by atoms with E-state index in [-0.39, 0.29) is 0 Å². The van der Waals surface area contributed by atoms with E-state index >= 15 is 0 Å². The Kier molecular flexibility index (Phi) is 4.66. The average Bonchev–Trinajstić information content (AvgIpc) is 2.65. The third kappa shape index (κ3) is 3.25. The number of unbranched alkanes of at least 4 members (excludes halogenated alkanes) is 2. The standard InChI is InChI=1S/C12H20O/c1-3-5-6-8-11(4-2)12-9-7-10-13-12/h7,9-11H,3-6,8H2,1-2H3. The molecule has 74 valence electrons. The highest BCUT2D eigenvalue weighted by Gasteiger charge is 2.10. The van der Waals surface area contributed by atoms with Crippen LogP contribution in [0.4, 0.5) is 0 Å². The fraction of sp³-hybridized carbons (Fsp3) is 0.667. The largest absolute Gasteiger partial charge is 0.469 e. The van der Waals surface area contributed by atoms with Crippen LogP contribution in [0.5, 0.6) is 0 Å². The first-order chi connectivity index (χ1) is 6.38. The minimum Gasteiger partial charge on any atom is -0.469 e. The lowest BCUT2D eigenvalue weighted by Gasteiger charge is -2.10. The molecular weight excluding hydrogens is 160 g/mol. The van der Waals surface area contributed by atoms with Crippen LogP contribution >= 0.6 is 0 Å². The summed E-state index contributed by atoms with van der Waals surface area (Å²) in [6.45, 7) is 4.48. The lowest BCUT2D eigenvalue weighted by Crippen LogP contribution is -1.95. The molecule has 0 aromatic carbocycles. The van der Waals surface area contributed by atoms with Gasteiger partial charge in [-0.25, -0.2) is 0 Å². The molecule has 1 rings (SSSR count). The second-order valence-electron chi connectivity index (χ2n) is 3.62. The third-order valence-electron chi connectivity index (χ3n) is 2.59. The van der Waals surface area contributed by atoms with Gasteiger partial charge in [-0.15, -0.1) is 0 Å². The highest BCUT2D eigenvalue weighted by Crippen LogP contribution is 2.25. The van der Waals surface area contributed by atoms with E-state index in [4.69, 9.17) is 4.42 Å². The van der Waals surface area contributed by atoms with E-state index < -0.39 is 0 Å². The van der Waals surface area contributed by atoms with Gasteiger partial charge in [0.25, 0.3) is 0 Å². The summed E-state index contributed by atoms with van der Waals surface area (Å²) in [5, 5.41) is 0. The van der Waals surface area contributed by atoms with Crippen molar-refractivity contribution in [3.8, 4) is 0 Å². The molecule has 0 bridgehead atoms. The van der Waals surface area contributed by atoms with Gasteiger partial charge in [0.05, 0.1) is 6.26 Å². The summed E-state index contributed by atoms with van der Waals surface area (Å²) < 4.78 is 5.42. The van der Waals surface area contributed by atoms with Crippen LogP contribution in [0.25, 0.3) is 0 Å². The van der Waals surface area contributed by atoms with Crippen LogP contribution < -0.4 is 0 Å². The van der Waals surface area contributed by atoms with Crippen molar-refractivity contribution in [2.75, 3.05) is 0 Å². The van der Waals surface area contributed by atoms with E-state index in [1.165, 1.54) is 37.9 Å². The molecule has 0 N–H and O–H groups in total. The molecule has 1 unspecified atom stereocenters. The molecule has 1 aromatic heterocycles. The zero-order valence-electron chi connectivity index (χ0n) is 8.75. The second-order valence-corrected chi connectivity index (χ2v) is 3.62. The SMILES string of the molecule is CCCCCC(CC)c1ccco1. The summed E-state index contributed by atoms with van der Waals surface area (Å²) in [5.41, 5.74) is 0. The van der Waals surface area contributed by atoms with Gasteiger partial charge in [-0.2, -0.15) is 0 Å². The van der Waals surface area contributed by atoms with Crippen molar-refractivity contribution >= 4 is 0 Å². The van der Waals surface area contributed by atoms with Crippen LogP contribution in [-0.4, -0.2) is 0 Å². The quantitative estimate of drug-likeness (QED) is 0.593. The van der Waals surface area contributed by atoms with Gasteiger partial charge >= 0.3 is 0 Å². The molecule has 1 heterocycles. The maximum atomic E-state index is 5.42. The molecule has 0 spiro atoms. The van der Waals surface area contributed by atoms with Crippen molar-refractivity contribution < 1.29 is 4.42 Å². The minimum atomic E-state index is 0.640. The summed E-state index contributed by atoms with van der Waals surface area (Å²) in [6.07, 6.45) is 8.22. The fourth-order valence-electron chi connectivity index (χ4n) is 1.71. The number of hydrogen-bond donors (Lipinski definition) is 0. The monoisotopic (exact) mass is 180 g/mol. The number of hydrogen-bond acceptors (Lipinski definition) is 1. The van der Waals surface area contributed by atoms with Gasteiger partial charge in [-0.3, -0.25) is 0 Å². The van der Waals surface area contributed by atoms with E-state index in [1.54, 1.807) is 6.26 Å². The molecule has 0 saturated carbocycles. The highest BCUT2D eigenvalue weighted by molar-refractivity contribution is 5.04. The summed E-state index contributed by atoms with van der Waals surface area (Å²) in [4.78, 5) is 0. The minimum absolute atomic E-state index is 0.640. The lowest BCUT2D eigenvalue weighted by atomic mass is 9.96. The molecule has 0 radical (unpaired) electrons. The van der Waals surface area contributed by atoms with Gasteiger partial charge in [0.1, 0.15) is 5.76 Å². The first-order valence-corrected chi connectivity index (χ1v) is 5.41. The molecular formula is C12H20O. The molecule has 0 amide bonds. The summed E-state index contributed by atoms with van der Waals surface area (Å²) in [7, 11) is 0. The Morgan fingerprint density at radius 1 is 1.31 bits per heavy atom. The normalized spacial score (nSPS) is 13.1. The van der Waals surface area contributed by atoms with Crippen molar-refractivity contribution in [2.24, 2.45) is 0 Å². The van der Waals surface area contributed by atoms with Gasteiger partial charge in [0.2, 0.25) is 0 Å². The van der Waals surface area contributed by atoms with Gasteiger partial charge in [-0.05, 0) is 25.0 Å². The highest BCUT2D eigenvalue weighted by atomic mass is 16.3. The Hall–Kier alpha value is -0.720. The summed E-state index contributed by atoms with van der Waals surface area (Å²) in [6, 6.07) is 4.08. The lowest BCUT2D eigenvalue weighted by molar-refractivity contribution is 0.428. The van der Waals surface area contributed by atoms with Crippen molar-refractivity contribution in [1.82, 2.24) is 0 Å². The molecule has 0 aliphatic rings. The van der Waals surface area contributed by atoms with Crippen LogP contribution in [0.3, 0.4) is 0 Å². The summed E-state index contributed by atoms with van der Waals surface area (Å²) in [5.74, 6) is 1.81. The Labute approximate surface area is 81.1 Å². The predicted molar refractivity (Wildman–Crippen MR) is 55.9 cm³/mol. The van der Waals surface area contributed by atoms with Crippen LogP contribution in [0.1, 0.15) is 57.6 Å². The Bertz CT molecular complexity index is 201. The molecule has 13 heavy (non-hydrogen) atoms. The third-order valence-corrected chi connectivity index (χ3v) is 2.59. The average molecular weight is 180 g/mol. The molecule has 1 atom stereocenters. The molecule has 0 aliphatic carbocycles. The first kappa shape index (κ1) is 10.4. The maximum absolute atomic E-state index is 5.42. The topological polar surface area (TPSA) is 13.1 Å². The molecule has 1 heteroatoms. The fourth-order valence-corrected chi connectivity index (χ4v) is 1.71. The smallest absolute Gasteiger partial charge is 0.106 e. The Morgan fingerprint density at radius 3 is 2.69 bits per heavy atom. The predicted octanol–water partition coefficient (Wildman–Crippen LogP) is 4.35. The van der Waals surface area contributed by atoms with E-state index in [1.807, 2.05) is 6.07 Å². The number of furan rings is 1. The first-order valence-electron chi connectivity index (χ1n) is 5.41. The van der Waals surface area contributed by atoms with Crippen LogP contribution in [-0.2, 0) is 0 Å². The second kappa shape index (κ2) is 5.85. The van der Waals surface area contributed by atoms with Gasteiger partial charge in [0, 0.05) is 5.92 Å². The zero-order valence-corrected chi connectivity index (χ0v) is 8.75. The van der Waals surface area contributed by atoms with Crippen molar-refractivity contribution in [3.05, 3.63) is 24.2 Å². The molecule has 0 saturated heterocycles. The van der Waals surface area contributed by atoms with E-state index in [2.05, 4.69) is 19.9 Å². The van der Waals surface area contributed by atoms with E-state index in [9.17, 15) is 0 Å². The molecule has 1 aromatic rings. The van der Waals surface area contributed by atoms with Crippen LogP contribution in [0.2, 0.25) is 0 Å². The molecule has 1 nitrogen and oxygen atoms in total. The van der Waals surface area contributed by atoms with Crippen LogP contribution in [0.15, 0.2) is 22.8 Å². The van der Waals surface area contributed by atoms with Crippen molar-refractivity contribution in [2.45, 2.75) is 51.9 Å². The molecule has 0 aliphatic heterocycles. The summed E-state index contributed by atoms with van der Waals surface area (Å²) >= 11 is 0. The van der Waals surface area contributed by atoms with Gasteiger partial charge < -0.3 is 4.42 Å². The maximum Gasteiger partial charge on any atom is 0.106 e. The van der Waals surface area contributed by atoms with Gasteiger partial charge in [0.15, 0.2) is 0 Å². The Morgan fingerprint density at radius 2 is 2.15 bits per heavy atom. The van der Waals surface area contributed by atoms with Crippen LogP contribution in [0, 0.1) is 0 Å². The van der Waals surface area contributed by atoms with E-state index in [0.29, 0.717) is 5.92 Å². The number of rotatable bonds is 6. The van der Waals surface area contributed by atoms with Crippen molar-refractivity contribution in [1.29, 1.82) is 0 Å². The zero-order chi connectivity index (χ0) is 9.52.